The SMILES string of the molecule is C=CCOc1c(C)cccc1[Si](CC)(CC)C1c2ccc(C(C)(C)C)cc2-c2cc(C(C)(C)C)ccc21. The summed E-state index contributed by atoms with van der Waals surface area (Å²) in [5.41, 5.74) is 10.6. The summed E-state index contributed by atoms with van der Waals surface area (Å²) in [6.45, 7) is 25.4. The van der Waals surface area contributed by atoms with Gasteiger partial charge in [-0.05, 0) is 61.9 Å². The highest BCUT2D eigenvalue weighted by Gasteiger charge is 2.48. The molecule has 3 aromatic rings. The van der Waals surface area contributed by atoms with Gasteiger partial charge in [-0.1, -0.05) is 135 Å². The summed E-state index contributed by atoms with van der Waals surface area (Å²) in [5, 5.41) is 1.46. The highest BCUT2D eigenvalue weighted by molar-refractivity contribution is 6.94. The van der Waals surface area contributed by atoms with Gasteiger partial charge in [-0.2, -0.15) is 0 Å². The Kier molecular flexibility index (Phi) is 7.38. The Morgan fingerprint density at radius 1 is 0.811 bits per heavy atom. The smallest absolute Gasteiger partial charge is 0.121 e. The van der Waals surface area contributed by atoms with E-state index in [0.717, 1.165) is 5.75 Å². The fraction of sp³-hybridized carbons (Fsp3) is 0.429. The van der Waals surface area contributed by atoms with Crippen LogP contribution in [0.5, 0.6) is 5.75 Å². The van der Waals surface area contributed by atoms with Crippen molar-refractivity contribution in [2.45, 2.75) is 90.8 Å². The molecule has 37 heavy (non-hydrogen) atoms. The number of fused-ring (bicyclic) bond motifs is 3. The summed E-state index contributed by atoms with van der Waals surface area (Å²) in [6.07, 6.45) is 1.86. The van der Waals surface area contributed by atoms with Crippen LogP contribution in [-0.2, 0) is 10.8 Å². The van der Waals surface area contributed by atoms with Gasteiger partial charge in [0.2, 0.25) is 0 Å². The van der Waals surface area contributed by atoms with Gasteiger partial charge in [-0.3, -0.25) is 0 Å². The maximum atomic E-state index is 6.41. The second-order valence-corrected chi connectivity index (χ2v) is 17.8. The Bertz CT molecular complexity index is 1230. The van der Waals surface area contributed by atoms with E-state index in [1.807, 2.05) is 6.08 Å². The first-order valence-corrected chi connectivity index (χ1v) is 16.5. The lowest BCUT2D eigenvalue weighted by Gasteiger charge is -2.39. The molecule has 2 heteroatoms. The van der Waals surface area contributed by atoms with Crippen LogP contribution in [0, 0.1) is 6.92 Å². The number of benzene rings is 3. The van der Waals surface area contributed by atoms with Crippen LogP contribution in [0.25, 0.3) is 11.1 Å². The summed E-state index contributed by atoms with van der Waals surface area (Å²) < 4.78 is 6.41. The van der Waals surface area contributed by atoms with Crippen LogP contribution < -0.4 is 9.92 Å². The molecule has 0 saturated heterocycles. The van der Waals surface area contributed by atoms with Crippen LogP contribution in [0.1, 0.15) is 88.7 Å². The molecule has 0 heterocycles. The number of hydrogen-bond donors (Lipinski definition) is 0. The molecule has 1 nitrogen and oxygen atoms in total. The van der Waals surface area contributed by atoms with E-state index >= 15 is 0 Å². The highest BCUT2D eigenvalue weighted by Crippen LogP contribution is 2.53. The van der Waals surface area contributed by atoms with Gasteiger partial charge < -0.3 is 4.74 Å². The van der Waals surface area contributed by atoms with Gasteiger partial charge in [0.25, 0.3) is 0 Å². The zero-order chi connectivity index (χ0) is 27.2. The van der Waals surface area contributed by atoms with Crippen molar-refractivity contribution in [3.8, 4) is 16.9 Å². The van der Waals surface area contributed by atoms with Crippen molar-refractivity contribution >= 4 is 13.3 Å². The topological polar surface area (TPSA) is 9.23 Å². The van der Waals surface area contributed by atoms with Crippen LogP contribution in [0.15, 0.2) is 67.3 Å². The number of rotatable bonds is 7. The van der Waals surface area contributed by atoms with E-state index in [4.69, 9.17) is 4.74 Å². The van der Waals surface area contributed by atoms with Crippen molar-refractivity contribution in [3.05, 3.63) is 95.1 Å². The molecule has 0 amide bonds. The molecule has 0 radical (unpaired) electrons. The summed E-state index contributed by atoms with van der Waals surface area (Å²) in [4.78, 5) is 0. The van der Waals surface area contributed by atoms with E-state index in [9.17, 15) is 0 Å². The van der Waals surface area contributed by atoms with Gasteiger partial charge in [0, 0.05) is 5.54 Å². The second kappa shape index (κ2) is 9.95. The highest BCUT2D eigenvalue weighted by atomic mass is 28.3. The van der Waals surface area contributed by atoms with E-state index in [2.05, 4.69) is 123 Å². The lowest BCUT2D eigenvalue weighted by molar-refractivity contribution is 0.363. The molecule has 0 fully saturated rings. The second-order valence-electron chi connectivity index (χ2n) is 13.0. The predicted octanol–water partition coefficient (Wildman–Crippen LogP) is 9.20. The molecule has 1 aliphatic carbocycles. The minimum Gasteiger partial charge on any atom is -0.489 e. The van der Waals surface area contributed by atoms with Crippen LogP contribution in [0.3, 0.4) is 0 Å². The molecule has 196 valence electrons. The average Bonchev–Trinajstić information content (AvgIpc) is 3.17. The maximum absolute atomic E-state index is 6.41. The third kappa shape index (κ3) is 4.74. The van der Waals surface area contributed by atoms with E-state index in [0.29, 0.717) is 12.1 Å². The van der Waals surface area contributed by atoms with Crippen molar-refractivity contribution < 1.29 is 4.74 Å². The van der Waals surface area contributed by atoms with Crippen LogP contribution in [0.2, 0.25) is 12.1 Å². The fourth-order valence-electron chi connectivity index (χ4n) is 6.35. The predicted molar refractivity (Wildman–Crippen MR) is 164 cm³/mol. The Morgan fingerprint density at radius 2 is 1.32 bits per heavy atom. The molecule has 4 rings (SSSR count). The Morgan fingerprint density at radius 3 is 1.76 bits per heavy atom. The molecule has 1 aliphatic rings. The van der Waals surface area contributed by atoms with Gasteiger partial charge in [0.1, 0.15) is 20.4 Å². The Balaban J connectivity index is 2.04. The standard InChI is InChI=1S/C35H46OSi/c1-11-21-36-32-24(4)15-14-16-31(32)37(12-2,13-3)33-27-19-17-25(34(5,6)7)22-29(27)30-23-26(35(8,9)10)18-20-28(30)33/h11,14-20,22-23,33H,1,12-13,21H2,2-10H3. The summed E-state index contributed by atoms with van der Waals surface area (Å²) in [6, 6.07) is 23.8. The zero-order valence-electron chi connectivity index (χ0n) is 24.6. The first kappa shape index (κ1) is 27.5. The Labute approximate surface area is 227 Å². The molecule has 0 bridgehead atoms. The number of aryl methyl sites for hydroxylation is 1. The quantitative estimate of drug-likeness (QED) is 0.227. The van der Waals surface area contributed by atoms with E-state index in [-0.39, 0.29) is 10.8 Å². The normalized spacial score (nSPS) is 13.9. The van der Waals surface area contributed by atoms with Crippen molar-refractivity contribution in [1.29, 1.82) is 0 Å². The monoisotopic (exact) mass is 510 g/mol. The van der Waals surface area contributed by atoms with Crippen molar-refractivity contribution in [2.24, 2.45) is 0 Å². The van der Waals surface area contributed by atoms with Gasteiger partial charge in [-0.15, -0.1) is 0 Å². The maximum Gasteiger partial charge on any atom is 0.121 e. The molecule has 3 aromatic carbocycles. The molecule has 0 N–H and O–H groups in total. The number of para-hydroxylation sites is 1. The van der Waals surface area contributed by atoms with Gasteiger partial charge in [-0.25, -0.2) is 0 Å². The third-order valence-electron chi connectivity index (χ3n) is 8.66. The molecular formula is C35H46OSi. The molecule has 0 unspecified atom stereocenters. The third-order valence-corrected chi connectivity index (χ3v) is 14.4. The van der Waals surface area contributed by atoms with Crippen LogP contribution in [-0.4, -0.2) is 14.7 Å². The van der Waals surface area contributed by atoms with E-state index in [1.165, 1.54) is 56.2 Å². The van der Waals surface area contributed by atoms with E-state index in [1.54, 1.807) is 0 Å². The number of ether oxygens (including phenoxy) is 1. The average molecular weight is 511 g/mol. The van der Waals surface area contributed by atoms with Crippen LogP contribution in [0.4, 0.5) is 0 Å². The van der Waals surface area contributed by atoms with Gasteiger partial charge >= 0.3 is 0 Å². The molecule has 0 aliphatic heterocycles. The summed E-state index contributed by atoms with van der Waals surface area (Å²) >= 11 is 0. The zero-order valence-corrected chi connectivity index (χ0v) is 25.6. The fourth-order valence-corrected chi connectivity index (χ4v) is 11.6. The molecular weight excluding hydrogens is 464 g/mol. The lowest BCUT2D eigenvalue weighted by atomic mass is 9.83. The first-order chi connectivity index (χ1) is 17.4. The van der Waals surface area contributed by atoms with E-state index < -0.39 is 8.07 Å². The van der Waals surface area contributed by atoms with Crippen molar-refractivity contribution in [1.82, 2.24) is 0 Å². The van der Waals surface area contributed by atoms with Crippen LogP contribution >= 0.6 is 0 Å². The number of hydrogen-bond acceptors (Lipinski definition) is 1. The molecule has 0 aromatic heterocycles. The Hall–Kier alpha value is -2.58. The summed E-state index contributed by atoms with van der Waals surface area (Å²) in [7, 11) is -2.10. The van der Waals surface area contributed by atoms with Crippen molar-refractivity contribution in [2.75, 3.05) is 6.61 Å². The largest absolute Gasteiger partial charge is 0.489 e. The molecule has 0 saturated carbocycles. The van der Waals surface area contributed by atoms with Crippen molar-refractivity contribution in [3.63, 3.8) is 0 Å². The first-order valence-electron chi connectivity index (χ1n) is 14.0. The van der Waals surface area contributed by atoms with Gasteiger partial charge in [0.05, 0.1) is 0 Å². The lowest BCUT2D eigenvalue weighted by Crippen LogP contribution is -2.53. The van der Waals surface area contributed by atoms with Gasteiger partial charge in [0.15, 0.2) is 0 Å². The summed E-state index contributed by atoms with van der Waals surface area (Å²) in [5.74, 6) is 1.09. The minimum atomic E-state index is -2.10. The molecule has 0 atom stereocenters. The minimum absolute atomic E-state index is 0.112. The molecule has 0 spiro atoms.